The van der Waals surface area contributed by atoms with E-state index in [4.69, 9.17) is 27.9 Å². The first-order valence-corrected chi connectivity index (χ1v) is 6.06. The van der Waals surface area contributed by atoms with E-state index in [1.165, 1.54) is 5.87 Å². The number of halogens is 1. The summed E-state index contributed by atoms with van der Waals surface area (Å²) in [5.74, 6) is -0.856. The Balaban J connectivity index is 3.35. The number of benzene rings is 1. The second-order valence-electron chi connectivity index (χ2n) is 3.93. The van der Waals surface area contributed by atoms with Crippen LogP contribution in [0.25, 0.3) is 5.41 Å². The molecule has 1 rings (SSSR count). The third-order valence-corrected chi connectivity index (χ3v) is 2.72. The number of aliphatic imine (C=N–C) groups is 1. The van der Waals surface area contributed by atoms with Crippen molar-refractivity contribution >= 4 is 40.7 Å². The lowest BCUT2D eigenvalue weighted by Gasteiger charge is -2.04. The number of carbonyl (C=O) groups excluding carboxylic acids is 1. The average Bonchev–Trinajstić information content (AvgIpc) is 2.42. The summed E-state index contributed by atoms with van der Waals surface area (Å²) in [6.07, 6.45) is 0.884. The molecule has 0 atom stereocenters. The Morgan fingerprint density at radius 2 is 2.05 bits per heavy atom. The first-order chi connectivity index (χ1) is 9.86. The molecule has 1 aromatic carbocycles. The molecule has 0 radical (unpaired) electrons. The minimum atomic E-state index is -1.39. The molecule has 21 heavy (non-hydrogen) atoms. The quantitative estimate of drug-likeness (QED) is 0.492. The standard InChI is InChI=1S/C14H11ClN3O3/c1-8-4-2-3-5-11(8)18-12(14(20)21)10(15)6-9(7-16)13(17)19/h2-6H,1H3,(H2,17,19)(H,20,21)/q-1/b10-6-,18-12?. The van der Waals surface area contributed by atoms with Crippen molar-refractivity contribution in [2.24, 2.45) is 10.7 Å². The van der Waals surface area contributed by atoms with Gasteiger partial charge in [-0.05, 0) is 24.6 Å². The highest BCUT2D eigenvalue weighted by Gasteiger charge is 2.15. The van der Waals surface area contributed by atoms with Crippen LogP contribution in [0, 0.1) is 6.92 Å². The number of aryl methyl sites for hydroxylation is 1. The fourth-order valence-corrected chi connectivity index (χ4v) is 1.60. The normalized spacial score (nSPS) is 11.7. The van der Waals surface area contributed by atoms with E-state index >= 15 is 0 Å². The number of nitrogens with two attached hydrogens (primary N) is 1. The fraction of sp³-hybridized carbons (Fsp3) is 0.0714. The monoisotopic (exact) mass is 304 g/mol. The second-order valence-corrected chi connectivity index (χ2v) is 4.34. The van der Waals surface area contributed by atoms with E-state index in [1.54, 1.807) is 31.2 Å². The third kappa shape index (κ3) is 4.42. The van der Waals surface area contributed by atoms with Crippen molar-refractivity contribution in [3.05, 3.63) is 51.9 Å². The number of para-hydroxylation sites is 1. The Bertz CT molecular complexity index is 701. The number of aliphatic carboxylic acids is 1. The summed E-state index contributed by atoms with van der Waals surface area (Å²) in [6.45, 7) is 1.76. The van der Waals surface area contributed by atoms with Crippen LogP contribution >= 0.6 is 11.6 Å². The van der Waals surface area contributed by atoms with E-state index in [9.17, 15) is 9.59 Å². The molecule has 0 heterocycles. The minimum absolute atomic E-state index is 0.360. The number of hydrogen-bond donors (Lipinski definition) is 2. The van der Waals surface area contributed by atoms with Gasteiger partial charge in [0.15, 0.2) is 5.71 Å². The highest BCUT2D eigenvalue weighted by atomic mass is 35.5. The van der Waals surface area contributed by atoms with Crippen molar-refractivity contribution in [1.29, 1.82) is 0 Å². The molecule has 6 nitrogen and oxygen atoms in total. The van der Waals surface area contributed by atoms with E-state index in [0.717, 1.165) is 11.6 Å². The zero-order valence-electron chi connectivity index (χ0n) is 11.0. The molecule has 0 bridgehead atoms. The zero-order valence-corrected chi connectivity index (χ0v) is 11.8. The topological polar surface area (TPSA) is 115 Å². The number of amides is 1. The predicted molar refractivity (Wildman–Crippen MR) is 80.9 cm³/mol. The lowest BCUT2D eigenvalue weighted by Crippen LogP contribution is -2.16. The van der Waals surface area contributed by atoms with Crippen LogP contribution in [-0.4, -0.2) is 28.6 Å². The first-order valence-electron chi connectivity index (χ1n) is 5.69. The van der Waals surface area contributed by atoms with Crippen LogP contribution in [0.1, 0.15) is 5.56 Å². The van der Waals surface area contributed by atoms with E-state index in [-0.39, 0.29) is 5.03 Å². The second kappa shape index (κ2) is 7.19. The van der Waals surface area contributed by atoms with Gasteiger partial charge < -0.3 is 16.2 Å². The summed E-state index contributed by atoms with van der Waals surface area (Å²) >= 11 is 5.83. The maximum Gasteiger partial charge on any atom is 0.356 e. The first kappa shape index (κ1) is 16.4. The lowest BCUT2D eigenvalue weighted by atomic mass is 10.2. The maximum absolute atomic E-state index is 11.2. The molecule has 0 aromatic heterocycles. The lowest BCUT2D eigenvalue weighted by molar-refractivity contribution is -0.129. The molecule has 108 valence electrons. The molecule has 0 unspecified atom stereocenters. The van der Waals surface area contributed by atoms with Crippen molar-refractivity contribution in [2.75, 3.05) is 0 Å². The Morgan fingerprint density at radius 1 is 1.43 bits per heavy atom. The Hall–Kier alpha value is -2.69. The molecule has 0 aliphatic carbocycles. The average molecular weight is 305 g/mol. The number of carboxylic acids is 1. The van der Waals surface area contributed by atoms with Gasteiger partial charge in [-0.2, -0.15) is 0 Å². The SMILES string of the molecule is Cc1ccccc1N=C(C(=O)O)/C(Cl)=C/C(=C=[N-])C(N)=O. The number of rotatable bonds is 5. The van der Waals surface area contributed by atoms with Gasteiger partial charge in [0.1, 0.15) is 0 Å². The van der Waals surface area contributed by atoms with Crippen molar-refractivity contribution in [1.82, 2.24) is 0 Å². The summed E-state index contributed by atoms with van der Waals surface area (Å²) in [4.78, 5) is 26.1. The highest BCUT2D eigenvalue weighted by Crippen LogP contribution is 2.20. The van der Waals surface area contributed by atoms with Crippen LogP contribution in [-0.2, 0) is 9.59 Å². The van der Waals surface area contributed by atoms with Crippen molar-refractivity contribution in [3.63, 3.8) is 0 Å². The summed E-state index contributed by atoms with van der Waals surface area (Å²) in [7, 11) is 0. The van der Waals surface area contributed by atoms with Gasteiger partial charge in [0.05, 0.1) is 16.3 Å². The van der Waals surface area contributed by atoms with E-state index in [2.05, 4.69) is 4.99 Å². The van der Waals surface area contributed by atoms with Crippen LogP contribution in [0.15, 0.2) is 45.9 Å². The van der Waals surface area contributed by atoms with Crippen LogP contribution in [0.2, 0.25) is 0 Å². The minimum Gasteiger partial charge on any atom is -0.763 e. The zero-order chi connectivity index (χ0) is 16.0. The molecule has 0 fully saturated rings. The number of carboxylic acid groups (broad SMARTS) is 1. The van der Waals surface area contributed by atoms with Gasteiger partial charge in [-0.1, -0.05) is 29.8 Å². The molecule has 1 aromatic rings. The molecular formula is C14H11ClN3O3-. The molecule has 3 N–H and O–H groups in total. The number of carbonyl (C=O) groups is 2. The van der Waals surface area contributed by atoms with E-state index in [1.807, 2.05) is 0 Å². The van der Waals surface area contributed by atoms with E-state index in [0.29, 0.717) is 5.69 Å². The largest absolute Gasteiger partial charge is 0.763 e. The van der Waals surface area contributed by atoms with Gasteiger partial charge in [0, 0.05) is 0 Å². The molecule has 0 spiro atoms. The van der Waals surface area contributed by atoms with Crippen LogP contribution < -0.4 is 5.73 Å². The van der Waals surface area contributed by atoms with Gasteiger partial charge in [-0.3, -0.25) is 10.7 Å². The summed E-state index contributed by atoms with van der Waals surface area (Å²) in [5.41, 5.74) is 5.18. The van der Waals surface area contributed by atoms with Gasteiger partial charge in [0.2, 0.25) is 0 Å². The molecule has 0 aliphatic heterocycles. The number of primary amides is 1. The third-order valence-electron chi connectivity index (χ3n) is 2.43. The molecule has 0 saturated heterocycles. The molecule has 0 saturated carbocycles. The summed E-state index contributed by atoms with van der Waals surface area (Å²) < 4.78 is 0. The van der Waals surface area contributed by atoms with Gasteiger partial charge in [0.25, 0.3) is 5.91 Å². The predicted octanol–water partition coefficient (Wildman–Crippen LogP) is 1.93. The van der Waals surface area contributed by atoms with Gasteiger partial charge in [-0.15, -0.1) is 0 Å². The highest BCUT2D eigenvalue weighted by molar-refractivity contribution is 6.58. The van der Waals surface area contributed by atoms with Crippen LogP contribution in [0.3, 0.4) is 0 Å². The smallest absolute Gasteiger partial charge is 0.356 e. The molecular weight excluding hydrogens is 294 g/mol. The number of hydrogen-bond acceptors (Lipinski definition) is 3. The van der Waals surface area contributed by atoms with E-state index < -0.39 is 23.2 Å². The molecule has 7 heteroatoms. The van der Waals surface area contributed by atoms with Gasteiger partial charge in [-0.25, -0.2) is 9.79 Å². The Morgan fingerprint density at radius 3 is 2.52 bits per heavy atom. The Labute approximate surface area is 125 Å². The summed E-state index contributed by atoms with van der Waals surface area (Å²) in [6, 6.07) is 6.84. The van der Waals surface area contributed by atoms with Crippen LogP contribution in [0.4, 0.5) is 5.69 Å². The van der Waals surface area contributed by atoms with Gasteiger partial charge >= 0.3 is 5.97 Å². The van der Waals surface area contributed by atoms with Crippen molar-refractivity contribution in [3.8, 4) is 0 Å². The van der Waals surface area contributed by atoms with Crippen LogP contribution in [0.5, 0.6) is 0 Å². The fourth-order valence-electron chi connectivity index (χ4n) is 1.37. The molecule has 0 aliphatic rings. The van der Waals surface area contributed by atoms with Crippen molar-refractivity contribution in [2.45, 2.75) is 6.92 Å². The maximum atomic E-state index is 11.2. The Kier molecular flexibility index (Phi) is 5.60. The molecule has 1 amide bonds. The summed E-state index contributed by atoms with van der Waals surface area (Å²) in [5, 5.41) is 17.5. The van der Waals surface area contributed by atoms with Crippen molar-refractivity contribution < 1.29 is 14.7 Å². The number of nitrogens with zero attached hydrogens (tertiary/aromatic N) is 2.